The molecule has 146 valence electrons. The average molecular weight is 391 g/mol. The van der Waals surface area contributed by atoms with Crippen LogP contribution in [-0.4, -0.2) is 40.2 Å². The van der Waals surface area contributed by atoms with Crippen LogP contribution in [0.2, 0.25) is 0 Å². The van der Waals surface area contributed by atoms with Gasteiger partial charge in [0.05, 0.1) is 30.4 Å². The lowest BCUT2D eigenvalue weighted by Gasteiger charge is -2.35. The third-order valence-electron chi connectivity index (χ3n) is 5.21. The summed E-state index contributed by atoms with van der Waals surface area (Å²) in [5.41, 5.74) is 3.88. The molecule has 0 radical (unpaired) electrons. The second-order valence-corrected chi connectivity index (χ2v) is 7.77. The monoisotopic (exact) mass is 390 g/mol. The van der Waals surface area contributed by atoms with Crippen LogP contribution in [0.3, 0.4) is 0 Å². The van der Waals surface area contributed by atoms with Crippen LogP contribution in [0.1, 0.15) is 43.5 Å². The van der Waals surface area contributed by atoms with Crippen molar-refractivity contribution in [2.24, 2.45) is 0 Å². The number of carboxylic acid groups (broad SMARTS) is 1. The van der Waals surface area contributed by atoms with Gasteiger partial charge in [0, 0.05) is 10.9 Å². The minimum Gasteiger partial charge on any atom is -0.481 e. The number of nitrogens with one attached hydrogen (secondary N) is 2. The highest BCUT2D eigenvalue weighted by Gasteiger charge is 2.40. The van der Waals surface area contributed by atoms with Crippen LogP contribution >= 0.6 is 11.8 Å². The first-order valence-electron chi connectivity index (χ1n) is 9.34. The zero-order chi connectivity index (χ0) is 19.4. The highest BCUT2D eigenvalue weighted by atomic mass is 32.2. The summed E-state index contributed by atoms with van der Waals surface area (Å²) in [5, 5.41) is 13.1. The Balaban J connectivity index is 0.000000299. The predicted octanol–water partition coefficient (Wildman–Crippen LogP) is 3.19. The van der Waals surface area contributed by atoms with Crippen molar-refractivity contribution in [2.45, 2.75) is 45.1 Å². The summed E-state index contributed by atoms with van der Waals surface area (Å²) in [5.74, 6) is 0.804. The minimum absolute atomic E-state index is 0.00474. The second-order valence-electron chi connectivity index (χ2n) is 6.78. The number of rotatable bonds is 4. The molecule has 4 rings (SSSR count). The molecule has 3 N–H and O–H groups in total. The topological polar surface area (TPSA) is 91.4 Å². The number of ether oxygens (including phenoxy) is 1. The summed E-state index contributed by atoms with van der Waals surface area (Å²) in [7, 11) is 0. The lowest BCUT2D eigenvalue weighted by atomic mass is 9.86. The van der Waals surface area contributed by atoms with E-state index in [0.29, 0.717) is 18.8 Å². The van der Waals surface area contributed by atoms with Crippen molar-refractivity contribution >= 4 is 34.5 Å². The number of thioether (sulfide) groups is 1. The summed E-state index contributed by atoms with van der Waals surface area (Å²) in [6, 6.07) is 6.32. The molecular formula is C20H26N2O4S. The van der Waals surface area contributed by atoms with E-state index < -0.39 is 11.6 Å². The second kappa shape index (κ2) is 8.35. The Morgan fingerprint density at radius 1 is 1.37 bits per heavy atom. The number of fused-ring (bicyclic) bond motifs is 3. The Labute approximate surface area is 163 Å². The number of benzene rings is 1. The van der Waals surface area contributed by atoms with Crippen LogP contribution < -0.4 is 5.32 Å². The molecule has 27 heavy (non-hydrogen) atoms. The minimum atomic E-state index is -0.820. The van der Waals surface area contributed by atoms with Crippen LogP contribution in [0.5, 0.6) is 0 Å². The number of aryl methyl sites for hydroxylation is 1. The van der Waals surface area contributed by atoms with Crippen LogP contribution in [0.4, 0.5) is 0 Å². The largest absolute Gasteiger partial charge is 0.481 e. The molecular weight excluding hydrogens is 364 g/mol. The van der Waals surface area contributed by atoms with Crippen molar-refractivity contribution in [3.05, 3.63) is 35.0 Å². The van der Waals surface area contributed by atoms with E-state index in [1.807, 2.05) is 6.92 Å². The molecule has 1 atom stereocenters. The number of hydrogen-bond acceptors (Lipinski definition) is 4. The number of carbonyl (C=O) groups is 2. The Morgan fingerprint density at radius 3 is 2.74 bits per heavy atom. The fraction of sp³-hybridized carbons (Fsp3) is 0.500. The molecule has 0 saturated carbocycles. The van der Waals surface area contributed by atoms with Crippen molar-refractivity contribution in [1.29, 1.82) is 0 Å². The molecule has 7 heteroatoms. The van der Waals surface area contributed by atoms with Gasteiger partial charge in [-0.2, -0.15) is 0 Å². The van der Waals surface area contributed by atoms with Gasteiger partial charge in [-0.3, -0.25) is 9.59 Å². The molecule has 2 aliphatic rings. The molecule has 2 aliphatic heterocycles. The van der Waals surface area contributed by atoms with Gasteiger partial charge >= 0.3 is 5.97 Å². The van der Waals surface area contributed by atoms with Crippen molar-refractivity contribution < 1.29 is 19.4 Å². The zero-order valence-corrected chi connectivity index (χ0v) is 16.6. The number of H-pyrrole nitrogens is 1. The molecule has 0 bridgehead atoms. The van der Waals surface area contributed by atoms with Crippen LogP contribution in [0.15, 0.2) is 18.2 Å². The van der Waals surface area contributed by atoms with Gasteiger partial charge in [-0.25, -0.2) is 0 Å². The molecule has 1 fully saturated rings. The number of carboxylic acids is 1. The van der Waals surface area contributed by atoms with Crippen LogP contribution in [0.25, 0.3) is 10.9 Å². The number of amides is 1. The van der Waals surface area contributed by atoms with Crippen molar-refractivity contribution in [3.63, 3.8) is 0 Å². The highest BCUT2D eigenvalue weighted by Crippen LogP contribution is 2.42. The van der Waals surface area contributed by atoms with E-state index in [9.17, 15) is 14.7 Å². The normalized spacial score (nSPS) is 21.3. The summed E-state index contributed by atoms with van der Waals surface area (Å²) >= 11 is 1.62. The first kappa shape index (κ1) is 19.8. The van der Waals surface area contributed by atoms with E-state index in [-0.39, 0.29) is 12.3 Å². The molecule has 2 aromatic rings. The summed E-state index contributed by atoms with van der Waals surface area (Å²) < 4.78 is 5.94. The Hall–Kier alpha value is -1.99. The standard InChI is InChI=1S/C17H21NO3.C3H5NOS/c1-3-11-6-5-7-12-13-8-9-21-17(4-2,10-14(19)20)16(13)18-15(11)12;5-3-1-6-2-4-3/h5-7,18H,3-4,8-10H2,1-2H3,(H,19,20);1-2H2,(H,4,5). The fourth-order valence-corrected chi connectivity index (χ4v) is 4.46. The summed E-state index contributed by atoms with van der Waals surface area (Å²) in [6.07, 6.45) is 2.45. The highest BCUT2D eigenvalue weighted by molar-refractivity contribution is 8.00. The maximum atomic E-state index is 11.3. The molecule has 1 saturated heterocycles. The van der Waals surface area contributed by atoms with Crippen LogP contribution in [0, 0.1) is 0 Å². The Bertz CT molecular complexity index is 840. The van der Waals surface area contributed by atoms with Gasteiger partial charge in [0.25, 0.3) is 0 Å². The molecule has 0 aliphatic carbocycles. The maximum Gasteiger partial charge on any atom is 0.306 e. The number of aromatic amines is 1. The zero-order valence-electron chi connectivity index (χ0n) is 15.8. The number of para-hydroxylation sites is 1. The number of aromatic nitrogens is 1. The summed E-state index contributed by atoms with van der Waals surface area (Å²) in [6.45, 7) is 4.71. The van der Waals surface area contributed by atoms with Crippen molar-refractivity contribution in [3.8, 4) is 0 Å². The van der Waals surface area contributed by atoms with Gasteiger partial charge < -0.3 is 20.1 Å². The molecule has 1 amide bonds. The molecule has 0 spiro atoms. The number of aliphatic carboxylic acids is 1. The lowest BCUT2D eigenvalue weighted by Crippen LogP contribution is -2.37. The SMILES string of the molecule is CCc1cccc2c3c([nH]c12)C(CC)(CC(=O)O)OCC3.O=C1CSCN1. The molecule has 3 heterocycles. The molecule has 6 nitrogen and oxygen atoms in total. The Kier molecular flexibility index (Phi) is 6.11. The van der Waals surface area contributed by atoms with E-state index in [2.05, 4.69) is 35.4 Å². The van der Waals surface area contributed by atoms with Gasteiger partial charge in [-0.15, -0.1) is 11.8 Å². The first-order valence-corrected chi connectivity index (χ1v) is 10.5. The van der Waals surface area contributed by atoms with E-state index in [4.69, 9.17) is 4.74 Å². The van der Waals surface area contributed by atoms with Crippen molar-refractivity contribution in [2.75, 3.05) is 18.2 Å². The number of hydrogen-bond donors (Lipinski definition) is 3. The van der Waals surface area contributed by atoms with E-state index >= 15 is 0 Å². The fourth-order valence-electron chi connectivity index (χ4n) is 3.81. The van der Waals surface area contributed by atoms with Gasteiger partial charge in [-0.1, -0.05) is 32.0 Å². The average Bonchev–Trinajstić information content (AvgIpc) is 3.29. The van der Waals surface area contributed by atoms with Gasteiger partial charge in [0.2, 0.25) is 5.91 Å². The smallest absolute Gasteiger partial charge is 0.306 e. The Morgan fingerprint density at radius 2 is 2.19 bits per heavy atom. The number of carbonyl (C=O) groups excluding carboxylic acids is 1. The molecule has 1 unspecified atom stereocenters. The van der Waals surface area contributed by atoms with Gasteiger partial charge in [-0.05, 0) is 30.4 Å². The van der Waals surface area contributed by atoms with E-state index in [0.717, 1.165) is 29.9 Å². The van der Waals surface area contributed by atoms with Gasteiger partial charge in [0.15, 0.2) is 0 Å². The maximum absolute atomic E-state index is 11.3. The van der Waals surface area contributed by atoms with Crippen LogP contribution in [-0.2, 0) is 32.8 Å². The predicted molar refractivity (Wildman–Crippen MR) is 107 cm³/mol. The molecule has 1 aromatic heterocycles. The summed E-state index contributed by atoms with van der Waals surface area (Å²) in [4.78, 5) is 24.9. The van der Waals surface area contributed by atoms with E-state index in [1.165, 1.54) is 16.5 Å². The van der Waals surface area contributed by atoms with Crippen molar-refractivity contribution in [1.82, 2.24) is 10.3 Å². The van der Waals surface area contributed by atoms with Gasteiger partial charge in [0.1, 0.15) is 5.60 Å². The first-order chi connectivity index (χ1) is 13.0. The quantitative estimate of drug-likeness (QED) is 0.746. The third-order valence-corrected chi connectivity index (χ3v) is 6.02. The molecule has 1 aromatic carbocycles. The lowest BCUT2D eigenvalue weighted by molar-refractivity contribution is -0.148. The van der Waals surface area contributed by atoms with E-state index in [1.54, 1.807) is 11.8 Å². The third kappa shape index (κ3) is 3.99.